The second kappa shape index (κ2) is 8.43. The summed E-state index contributed by atoms with van der Waals surface area (Å²) in [4.78, 5) is 6.82. The van der Waals surface area contributed by atoms with Crippen LogP contribution in [0.25, 0.3) is 10.8 Å². The molecule has 3 rings (SSSR count). The lowest BCUT2D eigenvalue weighted by atomic mass is 10.1. The highest BCUT2D eigenvalue weighted by atomic mass is 32.2. The molecule has 1 atom stereocenters. The molecule has 0 aliphatic carbocycles. The Balaban J connectivity index is 1.87. The van der Waals surface area contributed by atoms with Crippen molar-refractivity contribution in [3.63, 3.8) is 0 Å². The normalized spacial score (nSPS) is 19.8. The molecule has 0 spiro atoms. The quantitative estimate of drug-likeness (QED) is 0.741. The van der Waals surface area contributed by atoms with Gasteiger partial charge in [0.1, 0.15) is 0 Å². The third kappa shape index (κ3) is 3.91. The second-order valence-electron chi connectivity index (χ2n) is 6.69. The predicted octanol–water partition coefficient (Wildman–Crippen LogP) is 2.36. The Morgan fingerprint density at radius 2 is 2.12 bits per heavy atom. The smallest absolute Gasteiger partial charge is 0.243 e. The summed E-state index contributed by atoms with van der Waals surface area (Å²) in [5.41, 5.74) is 0. The molecule has 142 valence electrons. The van der Waals surface area contributed by atoms with E-state index in [0.717, 1.165) is 36.7 Å². The summed E-state index contributed by atoms with van der Waals surface area (Å²) in [5, 5.41) is 1.58. The summed E-state index contributed by atoms with van der Waals surface area (Å²) < 4.78 is 33.5. The molecule has 2 aromatic rings. The highest BCUT2D eigenvalue weighted by Gasteiger charge is 2.34. The molecule has 1 aromatic heterocycles. The molecular formula is C19H27N3O3S. The minimum absolute atomic E-state index is 0.232. The zero-order valence-electron chi connectivity index (χ0n) is 15.5. The molecule has 1 saturated heterocycles. The monoisotopic (exact) mass is 377 g/mol. The fourth-order valence-electron chi connectivity index (χ4n) is 3.65. The second-order valence-corrected chi connectivity index (χ2v) is 8.59. The Kier molecular flexibility index (Phi) is 6.24. The molecule has 26 heavy (non-hydrogen) atoms. The summed E-state index contributed by atoms with van der Waals surface area (Å²) in [6.45, 7) is 5.42. The average molecular weight is 378 g/mol. The molecule has 1 aliphatic heterocycles. The van der Waals surface area contributed by atoms with Crippen molar-refractivity contribution in [1.29, 1.82) is 0 Å². The Labute approximate surface area is 155 Å². The van der Waals surface area contributed by atoms with Gasteiger partial charge in [0, 0.05) is 62.5 Å². The zero-order chi connectivity index (χ0) is 18.6. The van der Waals surface area contributed by atoms with Crippen LogP contribution in [0.2, 0.25) is 0 Å². The molecule has 0 amide bonds. The molecule has 7 heteroatoms. The van der Waals surface area contributed by atoms with Crippen LogP contribution in [0, 0.1) is 0 Å². The van der Waals surface area contributed by atoms with Crippen molar-refractivity contribution in [3.8, 4) is 0 Å². The fourth-order valence-corrected chi connectivity index (χ4v) is 5.33. The molecule has 0 bridgehead atoms. The van der Waals surface area contributed by atoms with E-state index in [2.05, 4.69) is 16.8 Å². The van der Waals surface area contributed by atoms with Crippen LogP contribution >= 0.6 is 0 Å². The summed E-state index contributed by atoms with van der Waals surface area (Å²) >= 11 is 0. The van der Waals surface area contributed by atoms with Crippen LogP contribution in [0.4, 0.5) is 0 Å². The Morgan fingerprint density at radius 1 is 1.27 bits per heavy atom. The van der Waals surface area contributed by atoms with E-state index in [1.807, 2.05) is 6.07 Å². The summed E-state index contributed by atoms with van der Waals surface area (Å²) in [5.74, 6) is 0. The number of hydrogen-bond acceptors (Lipinski definition) is 5. The average Bonchev–Trinajstić information content (AvgIpc) is 2.66. The maximum Gasteiger partial charge on any atom is 0.243 e. The van der Waals surface area contributed by atoms with Crippen molar-refractivity contribution in [1.82, 2.24) is 14.2 Å². The van der Waals surface area contributed by atoms with Gasteiger partial charge in [0.2, 0.25) is 10.0 Å². The zero-order valence-corrected chi connectivity index (χ0v) is 16.3. The number of nitrogens with zero attached hydrogens (tertiary/aromatic N) is 3. The van der Waals surface area contributed by atoms with Gasteiger partial charge in [-0.15, -0.1) is 0 Å². The summed E-state index contributed by atoms with van der Waals surface area (Å²) in [7, 11) is -1.84. The lowest BCUT2D eigenvalue weighted by Gasteiger charge is -2.40. The molecular weight excluding hydrogens is 350 g/mol. The van der Waals surface area contributed by atoms with E-state index in [4.69, 9.17) is 4.74 Å². The third-order valence-corrected chi connectivity index (χ3v) is 6.95. The van der Waals surface area contributed by atoms with E-state index >= 15 is 0 Å². The number of hydrogen-bond donors (Lipinski definition) is 0. The fraction of sp³-hybridized carbons (Fsp3) is 0.526. The lowest BCUT2D eigenvalue weighted by Crippen LogP contribution is -2.55. The predicted molar refractivity (Wildman–Crippen MR) is 103 cm³/mol. The molecule has 6 nitrogen and oxygen atoms in total. The number of methoxy groups -OCH3 is 1. The van der Waals surface area contributed by atoms with Crippen molar-refractivity contribution in [2.24, 2.45) is 0 Å². The van der Waals surface area contributed by atoms with Crippen molar-refractivity contribution >= 4 is 20.8 Å². The van der Waals surface area contributed by atoms with Crippen LogP contribution in [0.5, 0.6) is 0 Å². The SMILES string of the molecule is CCCC1CN(S(=O)(=O)c2cccc3cnccc23)CCN1CCOC. The van der Waals surface area contributed by atoms with Gasteiger partial charge in [0.15, 0.2) is 0 Å². The topological polar surface area (TPSA) is 62.7 Å². The van der Waals surface area contributed by atoms with Gasteiger partial charge in [-0.25, -0.2) is 8.42 Å². The summed E-state index contributed by atoms with van der Waals surface area (Å²) in [6.07, 6.45) is 5.36. The van der Waals surface area contributed by atoms with Crippen molar-refractivity contribution in [2.45, 2.75) is 30.7 Å². The minimum Gasteiger partial charge on any atom is -0.383 e. The maximum atomic E-state index is 13.3. The molecule has 2 heterocycles. The van der Waals surface area contributed by atoms with Crippen LogP contribution in [0.3, 0.4) is 0 Å². The highest BCUT2D eigenvalue weighted by molar-refractivity contribution is 7.89. The maximum absolute atomic E-state index is 13.3. The van der Waals surface area contributed by atoms with E-state index in [1.54, 1.807) is 42.0 Å². The van der Waals surface area contributed by atoms with Crippen molar-refractivity contribution in [3.05, 3.63) is 36.7 Å². The first-order valence-corrected chi connectivity index (χ1v) is 10.6. The largest absolute Gasteiger partial charge is 0.383 e. The van der Waals surface area contributed by atoms with Crippen LogP contribution in [0.1, 0.15) is 19.8 Å². The third-order valence-electron chi connectivity index (χ3n) is 5.03. The molecule has 1 fully saturated rings. The molecule has 1 aromatic carbocycles. The first-order valence-electron chi connectivity index (χ1n) is 9.13. The number of pyridine rings is 1. The Morgan fingerprint density at radius 3 is 2.88 bits per heavy atom. The number of benzene rings is 1. The van der Waals surface area contributed by atoms with Gasteiger partial charge in [-0.2, -0.15) is 4.31 Å². The van der Waals surface area contributed by atoms with Crippen molar-refractivity contribution < 1.29 is 13.2 Å². The van der Waals surface area contributed by atoms with Gasteiger partial charge in [0.05, 0.1) is 11.5 Å². The van der Waals surface area contributed by atoms with Gasteiger partial charge in [-0.1, -0.05) is 25.5 Å². The Hall–Kier alpha value is -1.54. The number of rotatable bonds is 7. The number of sulfonamides is 1. The van der Waals surface area contributed by atoms with Crippen molar-refractivity contribution in [2.75, 3.05) is 39.9 Å². The van der Waals surface area contributed by atoms with Gasteiger partial charge in [-0.05, 0) is 18.6 Å². The first kappa shape index (κ1) is 19.2. The molecule has 0 N–H and O–H groups in total. The van der Waals surface area contributed by atoms with E-state index in [0.29, 0.717) is 24.6 Å². The number of ether oxygens (including phenoxy) is 1. The van der Waals surface area contributed by atoms with E-state index in [1.165, 1.54) is 0 Å². The van der Waals surface area contributed by atoms with Crippen LogP contribution in [-0.2, 0) is 14.8 Å². The van der Waals surface area contributed by atoms with Crippen LogP contribution < -0.4 is 0 Å². The number of piperazine rings is 1. The Bertz CT molecular complexity index is 836. The standard InChI is InChI=1S/C19H27N3O3S/c1-3-5-17-15-22(11-10-21(17)12-13-25-2)26(23,24)19-7-4-6-16-14-20-9-8-18(16)19/h4,6-9,14,17H,3,5,10-13,15H2,1-2H3. The highest BCUT2D eigenvalue weighted by Crippen LogP contribution is 2.27. The lowest BCUT2D eigenvalue weighted by molar-refractivity contribution is 0.0758. The van der Waals surface area contributed by atoms with Gasteiger partial charge >= 0.3 is 0 Å². The van der Waals surface area contributed by atoms with E-state index < -0.39 is 10.0 Å². The minimum atomic E-state index is -3.54. The molecule has 1 unspecified atom stereocenters. The molecule has 0 saturated carbocycles. The van der Waals surface area contributed by atoms with E-state index in [9.17, 15) is 8.42 Å². The number of aromatic nitrogens is 1. The van der Waals surface area contributed by atoms with Crippen LogP contribution in [-0.4, -0.2) is 68.5 Å². The van der Waals surface area contributed by atoms with Gasteiger partial charge in [-0.3, -0.25) is 9.88 Å². The van der Waals surface area contributed by atoms with Crippen LogP contribution in [0.15, 0.2) is 41.6 Å². The summed E-state index contributed by atoms with van der Waals surface area (Å²) in [6, 6.07) is 7.39. The first-order chi connectivity index (χ1) is 12.6. The number of fused-ring (bicyclic) bond motifs is 1. The molecule has 0 radical (unpaired) electrons. The van der Waals surface area contributed by atoms with E-state index in [-0.39, 0.29) is 6.04 Å². The molecule has 1 aliphatic rings. The van der Waals surface area contributed by atoms with Gasteiger partial charge < -0.3 is 4.74 Å². The van der Waals surface area contributed by atoms with Gasteiger partial charge in [0.25, 0.3) is 0 Å².